The van der Waals surface area contributed by atoms with Crippen molar-refractivity contribution in [2.45, 2.75) is 39.7 Å². The van der Waals surface area contributed by atoms with Crippen molar-refractivity contribution in [1.29, 1.82) is 5.26 Å². The number of benzene rings is 1. The molecule has 0 aliphatic carbocycles. The van der Waals surface area contributed by atoms with Crippen LogP contribution in [0.5, 0.6) is 0 Å². The lowest BCUT2D eigenvalue weighted by atomic mass is 9.97. The number of hydrogen-bond donors (Lipinski definition) is 2. The average molecular weight is 386 g/mol. The Hall–Kier alpha value is -2.88. The molecule has 3 amide bonds. The zero-order valence-electron chi connectivity index (χ0n) is 16.6. The summed E-state index contributed by atoms with van der Waals surface area (Å²) in [5.74, 6) is -0.421. The highest BCUT2D eigenvalue weighted by atomic mass is 19.1. The van der Waals surface area contributed by atoms with Crippen molar-refractivity contribution in [2.75, 3.05) is 19.6 Å². The van der Waals surface area contributed by atoms with Gasteiger partial charge in [-0.15, -0.1) is 0 Å². The summed E-state index contributed by atoms with van der Waals surface area (Å²) in [5, 5.41) is 13.9. The number of aryl methyl sites for hydroxylation is 1. The quantitative estimate of drug-likeness (QED) is 0.737. The first kappa shape index (κ1) is 21.4. The van der Waals surface area contributed by atoms with Gasteiger partial charge in [0, 0.05) is 18.7 Å². The maximum absolute atomic E-state index is 14.1. The van der Waals surface area contributed by atoms with Gasteiger partial charge in [-0.25, -0.2) is 9.18 Å². The minimum absolute atomic E-state index is 0.0961. The first-order valence-electron chi connectivity index (χ1n) is 9.47. The number of urea groups is 1. The highest BCUT2D eigenvalue weighted by molar-refractivity contribution is 5.87. The van der Waals surface area contributed by atoms with Crippen molar-refractivity contribution in [3.05, 3.63) is 41.2 Å². The molecule has 2 rings (SSSR count). The monoisotopic (exact) mass is 386 g/mol. The first-order valence-corrected chi connectivity index (χ1v) is 9.47. The number of rotatable bonds is 6. The third kappa shape index (κ3) is 5.81. The fraction of sp³-hybridized carbons (Fsp3) is 0.476. The molecule has 1 aliphatic rings. The molecule has 6 nitrogen and oxygen atoms in total. The molecule has 150 valence electrons. The minimum Gasteiger partial charge on any atom is -0.341 e. The van der Waals surface area contributed by atoms with E-state index in [0.29, 0.717) is 31.5 Å². The van der Waals surface area contributed by atoms with Crippen LogP contribution in [0.15, 0.2) is 24.3 Å². The Kier molecular flexibility index (Phi) is 7.56. The third-order valence-corrected chi connectivity index (χ3v) is 4.63. The Balaban J connectivity index is 2.02. The summed E-state index contributed by atoms with van der Waals surface area (Å²) in [6.07, 6.45) is 2.88. The molecule has 0 fully saturated rings. The molecule has 1 atom stereocenters. The van der Waals surface area contributed by atoms with Gasteiger partial charge in [0.2, 0.25) is 5.91 Å². The Morgan fingerprint density at radius 3 is 2.71 bits per heavy atom. The molecule has 7 heteroatoms. The standard InChI is InChI=1S/C21H27FN4O2/c1-14(2)12-19(20(27)24-9-8-23)25-21(28)26-10-6-16(7-11-26)17-13-15(3)4-5-18(17)22/h4-6,13-14,19H,7,9-12H2,1-3H3,(H,24,27)(H,25,28). The zero-order valence-corrected chi connectivity index (χ0v) is 16.6. The van der Waals surface area contributed by atoms with E-state index in [4.69, 9.17) is 5.26 Å². The van der Waals surface area contributed by atoms with Crippen molar-refractivity contribution in [2.24, 2.45) is 5.92 Å². The van der Waals surface area contributed by atoms with Gasteiger partial charge in [-0.3, -0.25) is 4.79 Å². The molecule has 2 N–H and O–H groups in total. The van der Waals surface area contributed by atoms with E-state index in [0.717, 1.165) is 11.1 Å². The highest BCUT2D eigenvalue weighted by Gasteiger charge is 2.25. The lowest BCUT2D eigenvalue weighted by Crippen LogP contribution is -2.52. The number of carbonyl (C=O) groups excluding carboxylic acids is 2. The zero-order chi connectivity index (χ0) is 20.7. The summed E-state index contributed by atoms with van der Waals surface area (Å²) in [4.78, 5) is 26.4. The van der Waals surface area contributed by atoms with Crippen molar-refractivity contribution in [3.63, 3.8) is 0 Å². The molecule has 0 bridgehead atoms. The predicted octanol–water partition coefficient (Wildman–Crippen LogP) is 2.99. The first-order chi connectivity index (χ1) is 13.3. The Morgan fingerprint density at radius 1 is 1.36 bits per heavy atom. The third-order valence-electron chi connectivity index (χ3n) is 4.63. The molecular weight excluding hydrogens is 359 g/mol. The number of nitrogens with zero attached hydrogens (tertiary/aromatic N) is 2. The summed E-state index contributed by atoms with van der Waals surface area (Å²) in [6, 6.07) is 5.83. The van der Waals surface area contributed by atoms with Crippen LogP contribution in [0.25, 0.3) is 5.57 Å². The topological polar surface area (TPSA) is 85.2 Å². The van der Waals surface area contributed by atoms with Gasteiger partial charge in [-0.2, -0.15) is 5.26 Å². The molecule has 1 unspecified atom stereocenters. The van der Waals surface area contributed by atoms with E-state index in [1.807, 2.05) is 39.0 Å². The highest BCUT2D eigenvalue weighted by Crippen LogP contribution is 2.25. The summed E-state index contributed by atoms with van der Waals surface area (Å²) in [5.41, 5.74) is 2.45. The summed E-state index contributed by atoms with van der Waals surface area (Å²) >= 11 is 0. The second kappa shape index (κ2) is 9.88. The van der Waals surface area contributed by atoms with Gasteiger partial charge in [0.25, 0.3) is 0 Å². The fourth-order valence-corrected chi connectivity index (χ4v) is 3.18. The largest absolute Gasteiger partial charge is 0.341 e. The lowest BCUT2D eigenvalue weighted by Gasteiger charge is -2.29. The van der Waals surface area contributed by atoms with E-state index in [1.54, 1.807) is 11.0 Å². The van der Waals surface area contributed by atoms with Crippen LogP contribution in [0.4, 0.5) is 9.18 Å². The Labute approximate surface area is 165 Å². The molecule has 1 heterocycles. The smallest absolute Gasteiger partial charge is 0.318 e. The molecule has 0 radical (unpaired) electrons. The van der Waals surface area contributed by atoms with E-state index >= 15 is 0 Å². The molecule has 0 saturated heterocycles. The van der Waals surface area contributed by atoms with Crippen molar-refractivity contribution in [3.8, 4) is 6.07 Å². The molecular formula is C21H27FN4O2. The lowest BCUT2D eigenvalue weighted by molar-refractivity contribution is -0.123. The summed E-state index contributed by atoms with van der Waals surface area (Å²) < 4.78 is 14.1. The maximum atomic E-state index is 14.1. The van der Waals surface area contributed by atoms with Gasteiger partial charge >= 0.3 is 6.03 Å². The Morgan fingerprint density at radius 2 is 2.11 bits per heavy atom. The fourth-order valence-electron chi connectivity index (χ4n) is 3.18. The number of amides is 3. The maximum Gasteiger partial charge on any atom is 0.318 e. The summed E-state index contributed by atoms with van der Waals surface area (Å²) in [7, 11) is 0. The Bertz CT molecular complexity index is 798. The molecule has 0 aromatic heterocycles. The average Bonchev–Trinajstić information content (AvgIpc) is 2.67. The van der Waals surface area contributed by atoms with Gasteiger partial charge < -0.3 is 15.5 Å². The van der Waals surface area contributed by atoms with Crippen LogP contribution in [0.3, 0.4) is 0 Å². The van der Waals surface area contributed by atoms with Crippen molar-refractivity contribution in [1.82, 2.24) is 15.5 Å². The van der Waals surface area contributed by atoms with Gasteiger partial charge in [0.05, 0.1) is 6.07 Å². The number of hydrogen-bond acceptors (Lipinski definition) is 3. The molecule has 0 spiro atoms. The van der Waals surface area contributed by atoms with Gasteiger partial charge in [-0.1, -0.05) is 31.6 Å². The normalized spacial score (nSPS) is 14.9. The second-order valence-corrected chi connectivity index (χ2v) is 7.42. The van der Waals surface area contributed by atoms with Crippen molar-refractivity contribution < 1.29 is 14.0 Å². The van der Waals surface area contributed by atoms with E-state index in [1.165, 1.54) is 6.07 Å². The van der Waals surface area contributed by atoms with E-state index < -0.39 is 6.04 Å². The molecule has 1 aromatic rings. The van der Waals surface area contributed by atoms with Crippen LogP contribution in [0.2, 0.25) is 0 Å². The van der Waals surface area contributed by atoms with E-state index in [-0.39, 0.29) is 30.2 Å². The SMILES string of the molecule is Cc1ccc(F)c(C2=CCN(C(=O)NC(CC(C)C)C(=O)NCC#N)CC2)c1. The van der Waals surface area contributed by atoms with E-state index in [9.17, 15) is 14.0 Å². The number of carbonyl (C=O) groups is 2. The van der Waals surface area contributed by atoms with Crippen LogP contribution in [-0.4, -0.2) is 42.5 Å². The molecule has 1 aromatic carbocycles. The van der Waals surface area contributed by atoms with Crippen LogP contribution < -0.4 is 10.6 Å². The van der Waals surface area contributed by atoms with E-state index in [2.05, 4.69) is 10.6 Å². The van der Waals surface area contributed by atoms with Crippen LogP contribution in [0, 0.1) is 30.0 Å². The molecule has 0 saturated carbocycles. The predicted molar refractivity (Wildman–Crippen MR) is 106 cm³/mol. The molecule has 1 aliphatic heterocycles. The van der Waals surface area contributed by atoms with Crippen LogP contribution >= 0.6 is 0 Å². The molecule has 28 heavy (non-hydrogen) atoms. The van der Waals surface area contributed by atoms with Crippen molar-refractivity contribution >= 4 is 17.5 Å². The van der Waals surface area contributed by atoms with Crippen LogP contribution in [-0.2, 0) is 4.79 Å². The second-order valence-electron chi connectivity index (χ2n) is 7.42. The van der Waals surface area contributed by atoms with Gasteiger partial charge in [0.15, 0.2) is 0 Å². The van der Waals surface area contributed by atoms with Gasteiger partial charge in [-0.05, 0) is 43.4 Å². The van der Waals surface area contributed by atoms with Crippen LogP contribution in [0.1, 0.15) is 37.8 Å². The minimum atomic E-state index is -0.694. The van der Waals surface area contributed by atoms with Gasteiger partial charge in [0.1, 0.15) is 18.4 Å². The number of nitrogens with one attached hydrogen (secondary N) is 2. The number of nitriles is 1. The summed E-state index contributed by atoms with van der Waals surface area (Å²) in [6.45, 7) is 6.54. The number of halogens is 1.